The Bertz CT molecular complexity index is 1440. The summed E-state index contributed by atoms with van der Waals surface area (Å²) in [6.45, 7) is 8.93. The third-order valence-corrected chi connectivity index (χ3v) is 7.73. The van der Waals surface area contributed by atoms with Crippen molar-refractivity contribution in [2.24, 2.45) is 0 Å². The standard InChI is InChI=1S/C28H32N8O/c1-17-12-18(2)14-21(13-17)30-28-29-16-23-19(3)36(11-8-24(23)31-28)22-6-9-35(10-7-22)27(37)20-4-5-25-26(15-20)33-34-32-25/h4-5,12-16,19,22H,6-11H2,1-3H3,(H,29,30,31)(H,32,33,34). The summed E-state index contributed by atoms with van der Waals surface area (Å²) in [4.78, 5) is 27.2. The number of piperidine rings is 1. The van der Waals surface area contributed by atoms with E-state index in [4.69, 9.17) is 4.98 Å². The van der Waals surface area contributed by atoms with E-state index in [0.29, 0.717) is 17.6 Å². The molecule has 1 saturated heterocycles. The Balaban J connectivity index is 1.10. The quantitative estimate of drug-likeness (QED) is 0.433. The molecule has 1 unspecified atom stereocenters. The smallest absolute Gasteiger partial charge is 0.253 e. The van der Waals surface area contributed by atoms with Gasteiger partial charge < -0.3 is 10.2 Å². The number of fused-ring (bicyclic) bond motifs is 2. The van der Waals surface area contributed by atoms with Crippen LogP contribution in [0.3, 0.4) is 0 Å². The third-order valence-electron chi connectivity index (χ3n) is 7.73. The number of anilines is 2. The van der Waals surface area contributed by atoms with Gasteiger partial charge in [0.15, 0.2) is 0 Å². The number of benzene rings is 2. The maximum Gasteiger partial charge on any atom is 0.253 e. The second-order valence-corrected chi connectivity index (χ2v) is 10.3. The monoisotopic (exact) mass is 496 g/mol. The van der Waals surface area contributed by atoms with Crippen LogP contribution in [0.1, 0.15) is 58.5 Å². The average Bonchev–Trinajstić information content (AvgIpc) is 3.36. The van der Waals surface area contributed by atoms with Crippen molar-refractivity contribution in [2.75, 3.05) is 25.0 Å². The zero-order chi connectivity index (χ0) is 25.5. The molecule has 2 aliphatic rings. The Morgan fingerprint density at radius 2 is 1.84 bits per heavy atom. The summed E-state index contributed by atoms with van der Waals surface area (Å²) in [5.41, 5.74) is 8.01. The van der Waals surface area contributed by atoms with Crippen LogP contribution in [0.25, 0.3) is 11.0 Å². The molecule has 0 spiro atoms. The van der Waals surface area contributed by atoms with Gasteiger partial charge in [0.05, 0.1) is 11.2 Å². The van der Waals surface area contributed by atoms with Crippen molar-refractivity contribution in [3.8, 4) is 0 Å². The maximum atomic E-state index is 13.1. The number of H-pyrrole nitrogens is 1. The van der Waals surface area contributed by atoms with E-state index < -0.39 is 0 Å². The summed E-state index contributed by atoms with van der Waals surface area (Å²) in [5, 5.41) is 14.1. The fourth-order valence-corrected chi connectivity index (χ4v) is 5.88. The second kappa shape index (κ2) is 9.55. The number of hydrogen-bond donors (Lipinski definition) is 2. The maximum absolute atomic E-state index is 13.1. The Morgan fingerprint density at radius 1 is 1.05 bits per heavy atom. The van der Waals surface area contributed by atoms with E-state index in [1.165, 1.54) is 16.7 Å². The zero-order valence-corrected chi connectivity index (χ0v) is 21.5. The molecule has 4 heterocycles. The summed E-state index contributed by atoms with van der Waals surface area (Å²) in [7, 11) is 0. The molecule has 0 aliphatic carbocycles. The number of nitrogens with one attached hydrogen (secondary N) is 2. The van der Waals surface area contributed by atoms with Crippen LogP contribution >= 0.6 is 0 Å². The molecule has 37 heavy (non-hydrogen) atoms. The molecule has 2 aromatic carbocycles. The zero-order valence-electron chi connectivity index (χ0n) is 21.5. The Morgan fingerprint density at radius 3 is 2.62 bits per heavy atom. The Kier molecular flexibility index (Phi) is 6.08. The number of carbonyl (C=O) groups is 1. The summed E-state index contributed by atoms with van der Waals surface area (Å²) in [5.74, 6) is 0.720. The molecule has 2 aromatic heterocycles. The van der Waals surface area contributed by atoms with Crippen molar-refractivity contribution < 1.29 is 4.79 Å². The SMILES string of the molecule is Cc1cc(C)cc(Nc2ncc3c(n2)CCN(C2CCN(C(=O)c4ccc5[nH]nnc5c4)CC2)C3C)c1. The van der Waals surface area contributed by atoms with Crippen LogP contribution in [0.5, 0.6) is 0 Å². The number of rotatable bonds is 4. The average molecular weight is 497 g/mol. The van der Waals surface area contributed by atoms with Gasteiger partial charge in [-0.15, -0.1) is 5.10 Å². The predicted molar refractivity (Wildman–Crippen MR) is 143 cm³/mol. The molecule has 190 valence electrons. The van der Waals surface area contributed by atoms with E-state index in [1.54, 1.807) is 0 Å². The molecular weight excluding hydrogens is 464 g/mol. The predicted octanol–water partition coefficient (Wildman–Crippen LogP) is 4.33. The molecule has 2 aliphatic heterocycles. The third kappa shape index (κ3) is 4.67. The minimum Gasteiger partial charge on any atom is -0.339 e. The molecule has 9 nitrogen and oxygen atoms in total. The van der Waals surface area contributed by atoms with Crippen molar-refractivity contribution in [3.05, 3.63) is 70.5 Å². The van der Waals surface area contributed by atoms with Gasteiger partial charge in [-0.05, 0) is 75.1 Å². The van der Waals surface area contributed by atoms with Crippen molar-refractivity contribution >= 4 is 28.6 Å². The van der Waals surface area contributed by atoms with E-state index in [-0.39, 0.29) is 11.9 Å². The number of hydrogen-bond acceptors (Lipinski definition) is 7. The first-order chi connectivity index (χ1) is 17.9. The van der Waals surface area contributed by atoms with E-state index in [1.807, 2.05) is 29.3 Å². The molecular formula is C28H32N8O. The number of aromatic amines is 1. The molecule has 9 heteroatoms. The van der Waals surface area contributed by atoms with Gasteiger partial charge in [0.25, 0.3) is 5.91 Å². The van der Waals surface area contributed by atoms with Gasteiger partial charge in [0.2, 0.25) is 5.95 Å². The lowest BCUT2D eigenvalue weighted by molar-refractivity contribution is 0.0527. The molecule has 1 atom stereocenters. The van der Waals surface area contributed by atoms with Crippen LogP contribution in [-0.4, -0.2) is 66.8 Å². The first-order valence-corrected chi connectivity index (χ1v) is 13.0. The first kappa shape index (κ1) is 23.5. The highest BCUT2D eigenvalue weighted by atomic mass is 16.2. The largest absolute Gasteiger partial charge is 0.339 e. The summed E-state index contributed by atoms with van der Waals surface area (Å²) >= 11 is 0. The van der Waals surface area contributed by atoms with E-state index in [0.717, 1.165) is 61.3 Å². The first-order valence-electron chi connectivity index (χ1n) is 13.0. The van der Waals surface area contributed by atoms with Crippen molar-refractivity contribution in [3.63, 3.8) is 0 Å². The van der Waals surface area contributed by atoms with Gasteiger partial charge in [0, 0.05) is 61.1 Å². The van der Waals surface area contributed by atoms with Crippen LogP contribution in [0.2, 0.25) is 0 Å². The molecule has 0 radical (unpaired) electrons. The molecule has 0 bridgehead atoms. The highest BCUT2D eigenvalue weighted by Gasteiger charge is 2.34. The molecule has 4 aromatic rings. The van der Waals surface area contributed by atoms with E-state index >= 15 is 0 Å². The minimum atomic E-state index is 0.0672. The lowest BCUT2D eigenvalue weighted by atomic mass is 9.93. The number of likely N-dealkylation sites (tertiary alicyclic amines) is 1. The van der Waals surface area contributed by atoms with Crippen molar-refractivity contribution in [1.29, 1.82) is 0 Å². The fourth-order valence-electron chi connectivity index (χ4n) is 5.88. The van der Waals surface area contributed by atoms with Crippen LogP contribution in [0.4, 0.5) is 11.6 Å². The minimum absolute atomic E-state index is 0.0672. The van der Waals surface area contributed by atoms with Gasteiger partial charge in [-0.3, -0.25) is 14.8 Å². The molecule has 1 amide bonds. The summed E-state index contributed by atoms with van der Waals surface area (Å²) in [6.07, 6.45) is 4.82. The van der Waals surface area contributed by atoms with Crippen LogP contribution in [0, 0.1) is 13.8 Å². The van der Waals surface area contributed by atoms with E-state index in [2.05, 4.69) is 69.6 Å². The van der Waals surface area contributed by atoms with Crippen LogP contribution in [-0.2, 0) is 6.42 Å². The topological polar surface area (TPSA) is 103 Å². The number of aryl methyl sites for hydroxylation is 2. The van der Waals surface area contributed by atoms with Gasteiger partial charge in [-0.25, -0.2) is 9.97 Å². The molecule has 1 fully saturated rings. The number of nitrogens with zero attached hydrogens (tertiary/aromatic N) is 6. The van der Waals surface area contributed by atoms with Crippen LogP contribution < -0.4 is 5.32 Å². The molecule has 2 N–H and O–H groups in total. The van der Waals surface area contributed by atoms with Gasteiger partial charge in [-0.2, -0.15) is 0 Å². The number of amides is 1. The van der Waals surface area contributed by atoms with Crippen molar-refractivity contribution in [1.82, 2.24) is 35.2 Å². The highest BCUT2D eigenvalue weighted by molar-refractivity contribution is 5.97. The number of carbonyl (C=O) groups excluding carboxylic acids is 1. The second-order valence-electron chi connectivity index (χ2n) is 10.3. The summed E-state index contributed by atoms with van der Waals surface area (Å²) < 4.78 is 0. The molecule has 6 rings (SSSR count). The molecule has 0 saturated carbocycles. The van der Waals surface area contributed by atoms with Gasteiger partial charge in [-0.1, -0.05) is 11.3 Å². The lowest BCUT2D eigenvalue weighted by Gasteiger charge is -2.43. The highest BCUT2D eigenvalue weighted by Crippen LogP contribution is 2.33. The number of aromatic nitrogens is 5. The Hall–Kier alpha value is -3.85. The Labute approximate surface area is 216 Å². The van der Waals surface area contributed by atoms with E-state index in [9.17, 15) is 4.79 Å². The lowest BCUT2D eigenvalue weighted by Crippen LogP contribution is -2.49. The van der Waals surface area contributed by atoms with Gasteiger partial charge >= 0.3 is 0 Å². The van der Waals surface area contributed by atoms with Gasteiger partial charge in [0.1, 0.15) is 5.52 Å². The van der Waals surface area contributed by atoms with Crippen LogP contribution in [0.15, 0.2) is 42.6 Å². The normalized spacial score (nSPS) is 18.7. The summed E-state index contributed by atoms with van der Waals surface area (Å²) in [6, 6.07) is 12.6. The fraction of sp³-hybridized carbons (Fsp3) is 0.393. The van der Waals surface area contributed by atoms with Crippen molar-refractivity contribution in [2.45, 2.75) is 52.1 Å².